The predicted octanol–water partition coefficient (Wildman–Crippen LogP) is 4.00. The number of benzene rings is 1. The lowest BCUT2D eigenvalue weighted by Crippen LogP contribution is -2.50. The van der Waals surface area contributed by atoms with Gasteiger partial charge in [0, 0.05) is 55.3 Å². The van der Waals surface area contributed by atoms with Gasteiger partial charge in [-0.3, -0.25) is 14.4 Å². The molecule has 32 heavy (non-hydrogen) atoms. The summed E-state index contributed by atoms with van der Waals surface area (Å²) < 4.78 is 1.94. The second kappa shape index (κ2) is 8.57. The lowest BCUT2D eigenvalue weighted by Gasteiger charge is -2.44. The maximum atomic E-state index is 13.4. The molecule has 1 saturated carbocycles. The van der Waals surface area contributed by atoms with Gasteiger partial charge in [-0.1, -0.05) is 31.4 Å². The summed E-state index contributed by atoms with van der Waals surface area (Å²) in [5.74, 6) is 0.996. The van der Waals surface area contributed by atoms with Crippen LogP contribution in [0.1, 0.15) is 57.1 Å². The molecule has 2 atom stereocenters. The van der Waals surface area contributed by atoms with Crippen molar-refractivity contribution in [3.63, 3.8) is 0 Å². The molecule has 1 N–H and O–H groups in total. The van der Waals surface area contributed by atoms with E-state index < -0.39 is 0 Å². The smallest absolute Gasteiger partial charge is 0.258 e. The molecule has 168 valence electrons. The summed E-state index contributed by atoms with van der Waals surface area (Å²) in [5.41, 5.74) is 3.35. The summed E-state index contributed by atoms with van der Waals surface area (Å²) in [6.07, 6.45) is 6.71. The number of aromatic nitrogens is 1. The minimum atomic E-state index is -0.117. The minimum absolute atomic E-state index is 0.0385. The number of carbonyl (C=O) groups is 2. The number of carbonyl (C=O) groups excluding carboxylic acids is 2. The maximum Gasteiger partial charge on any atom is 0.258 e. The van der Waals surface area contributed by atoms with Gasteiger partial charge >= 0.3 is 0 Å². The van der Waals surface area contributed by atoms with Crippen LogP contribution in [0.15, 0.2) is 41.2 Å². The van der Waals surface area contributed by atoms with Gasteiger partial charge in [0.25, 0.3) is 5.56 Å². The third kappa shape index (κ3) is 3.98. The number of anilines is 1. The van der Waals surface area contributed by atoms with Gasteiger partial charge in [0.15, 0.2) is 0 Å². The molecule has 2 bridgehead atoms. The van der Waals surface area contributed by atoms with E-state index in [9.17, 15) is 14.4 Å². The number of likely N-dealkylation sites (tertiary alicyclic amines) is 1. The number of amides is 2. The molecule has 2 amide bonds. The second-order valence-electron chi connectivity index (χ2n) is 9.72. The number of nitrogens with zero attached hydrogens (tertiary/aromatic N) is 2. The standard InChI is InChI=1S/C26H31N3O3/c1-17(30)27-22-9-7-19(8-10-22)23-11-12-24-21-13-18(15-29(24)26(23)32)14-28(16-21)25(31)20-5-3-2-4-6-20/h7-12,18,20-21H,2-6,13-16H2,1H3,(H,27,30)/t18-,21+/m0/s1. The Morgan fingerprint density at radius 1 is 0.938 bits per heavy atom. The van der Waals surface area contributed by atoms with Crippen LogP contribution in [0, 0.1) is 11.8 Å². The zero-order valence-electron chi connectivity index (χ0n) is 18.7. The molecule has 2 aliphatic heterocycles. The van der Waals surface area contributed by atoms with Crippen molar-refractivity contribution >= 4 is 17.5 Å². The third-order valence-electron chi connectivity index (χ3n) is 7.39. The van der Waals surface area contributed by atoms with Crippen molar-refractivity contribution in [2.45, 2.75) is 57.9 Å². The van der Waals surface area contributed by atoms with Crippen molar-refractivity contribution < 1.29 is 9.59 Å². The van der Waals surface area contributed by atoms with Gasteiger partial charge < -0.3 is 14.8 Å². The Morgan fingerprint density at radius 3 is 2.41 bits per heavy atom. The zero-order chi connectivity index (χ0) is 22.2. The monoisotopic (exact) mass is 433 g/mol. The summed E-state index contributed by atoms with van der Waals surface area (Å²) in [6, 6.07) is 11.4. The van der Waals surface area contributed by atoms with Gasteiger partial charge in [-0.05, 0) is 55.0 Å². The first-order chi connectivity index (χ1) is 15.5. The normalized spacial score (nSPS) is 22.8. The van der Waals surface area contributed by atoms with E-state index >= 15 is 0 Å². The average Bonchev–Trinajstić information content (AvgIpc) is 2.80. The van der Waals surface area contributed by atoms with E-state index in [4.69, 9.17) is 0 Å². The fraction of sp³-hybridized carbons (Fsp3) is 0.500. The fourth-order valence-electron chi connectivity index (χ4n) is 5.89. The highest BCUT2D eigenvalue weighted by molar-refractivity contribution is 5.89. The Kier molecular flexibility index (Phi) is 5.62. The SMILES string of the molecule is CC(=O)Nc1ccc(-c2ccc3n(c2=O)C[C@H]2C[C@@H]3CN(C(=O)C3CCCCC3)C2)cc1. The highest BCUT2D eigenvalue weighted by Gasteiger charge is 2.38. The fourth-order valence-corrected chi connectivity index (χ4v) is 5.89. The Balaban J connectivity index is 1.38. The van der Waals surface area contributed by atoms with E-state index in [-0.39, 0.29) is 23.3 Å². The summed E-state index contributed by atoms with van der Waals surface area (Å²) in [4.78, 5) is 39.9. The van der Waals surface area contributed by atoms with Crippen molar-refractivity contribution in [3.8, 4) is 11.1 Å². The Bertz CT molecular complexity index is 1080. The van der Waals surface area contributed by atoms with Crippen molar-refractivity contribution in [2.75, 3.05) is 18.4 Å². The molecule has 2 fully saturated rings. The average molecular weight is 434 g/mol. The molecular formula is C26H31N3O3. The van der Waals surface area contributed by atoms with Gasteiger partial charge in [0.05, 0.1) is 0 Å². The first-order valence-electron chi connectivity index (χ1n) is 11.9. The van der Waals surface area contributed by atoms with Gasteiger partial charge in [-0.25, -0.2) is 0 Å². The summed E-state index contributed by atoms with van der Waals surface area (Å²) in [7, 11) is 0. The van der Waals surface area contributed by atoms with Gasteiger partial charge in [-0.2, -0.15) is 0 Å². The van der Waals surface area contributed by atoms with Gasteiger partial charge in [0.1, 0.15) is 0 Å². The summed E-state index contributed by atoms with van der Waals surface area (Å²) in [5, 5.41) is 2.76. The van der Waals surface area contributed by atoms with Crippen LogP contribution >= 0.6 is 0 Å². The molecule has 0 radical (unpaired) electrons. The molecule has 5 rings (SSSR count). The van der Waals surface area contributed by atoms with E-state index in [2.05, 4.69) is 16.3 Å². The third-order valence-corrected chi connectivity index (χ3v) is 7.39. The molecule has 6 heteroatoms. The number of pyridine rings is 1. The molecule has 1 aromatic carbocycles. The molecule has 2 aromatic rings. The van der Waals surface area contributed by atoms with Crippen LogP contribution in [-0.2, 0) is 16.1 Å². The van der Waals surface area contributed by atoms with Crippen LogP contribution in [0.25, 0.3) is 11.1 Å². The van der Waals surface area contributed by atoms with E-state index in [1.165, 1.54) is 26.2 Å². The molecule has 0 unspecified atom stereocenters. The number of nitrogens with one attached hydrogen (secondary N) is 1. The molecule has 1 aromatic heterocycles. The molecule has 0 spiro atoms. The number of piperidine rings is 1. The van der Waals surface area contributed by atoms with Crippen LogP contribution < -0.4 is 10.9 Å². The van der Waals surface area contributed by atoms with E-state index in [0.29, 0.717) is 23.9 Å². The summed E-state index contributed by atoms with van der Waals surface area (Å²) >= 11 is 0. The van der Waals surface area contributed by atoms with E-state index in [1.54, 1.807) is 0 Å². The molecule has 3 heterocycles. The molecule has 3 aliphatic rings. The van der Waals surface area contributed by atoms with Gasteiger partial charge in [0.2, 0.25) is 11.8 Å². The second-order valence-corrected chi connectivity index (χ2v) is 9.72. The first kappa shape index (κ1) is 21.0. The van der Waals surface area contributed by atoms with Crippen molar-refractivity contribution in [1.29, 1.82) is 0 Å². The van der Waals surface area contributed by atoms with Crippen LogP contribution in [0.5, 0.6) is 0 Å². The number of fused-ring (bicyclic) bond motifs is 4. The number of hydrogen-bond acceptors (Lipinski definition) is 3. The predicted molar refractivity (Wildman–Crippen MR) is 124 cm³/mol. The topological polar surface area (TPSA) is 71.4 Å². The molecular weight excluding hydrogens is 402 g/mol. The Labute approximate surface area is 188 Å². The largest absolute Gasteiger partial charge is 0.341 e. The quantitative estimate of drug-likeness (QED) is 0.795. The summed E-state index contributed by atoms with van der Waals surface area (Å²) in [6.45, 7) is 3.66. The first-order valence-corrected chi connectivity index (χ1v) is 11.9. The van der Waals surface area contributed by atoms with Crippen molar-refractivity contribution in [3.05, 3.63) is 52.4 Å². The van der Waals surface area contributed by atoms with E-state index in [0.717, 1.165) is 49.3 Å². The van der Waals surface area contributed by atoms with Crippen LogP contribution in [-0.4, -0.2) is 34.4 Å². The van der Waals surface area contributed by atoms with Crippen molar-refractivity contribution in [2.24, 2.45) is 11.8 Å². The van der Waals surface area contributed by atoms with E-state index in [1.807, 2.05) is 34.9 Å². The van der Waals surface area contributed by atoms with Gasteiger partial charge in [-0.15, -0.1) is 0 Å². The highest BCUT2D eigenvalue weighted by atomic mass is 16.2. The molecule has 1 saturated heterocycles. The van der Waals surface area contributed by atoms with Crippen molar-refractivity contribution in [1.82, 2.24) is 9.47 Å². The molecule has 1 aliphatic carbocycles. The van der Waals surface area contributed by atoms with Crippen LogP contribution in [0.2, 0.25) is 0 Å². The molecule has 6 nitrogen and oxygen atoms in total. The Morgan fingerprint density at radius 2 is 1.69 bits per heavy atom. The maximum absolute atomic E-state index is 13.4. The lowest BCUT2D eigenvalue weighted by molar-refractivity contribution is -0.139. The number of hydrogen-bond donors (Lipinski definition) is 1. The van der Waals surface area contributed by atoms with Crippen LogP contribution in [0.3, 0.4) is 0 Å². The highest BCUT2D eigenvalue weighted by Crippen LogP contribution is 2.37. The lowest BCUT2D eigenvalue weighted by atomic mass is 9.81. The van der Waals surface area contributed by atoms with Crippen LogP contribution in [0.4, 0.5) is 5.69 Å². The zero-order valence-corrected chi connectivity index (χ0v) is 18.7. The number of rotatable bonds is 3. The minimum Gasteiger partial charge on any atom is -0.341 e. The Hall–Kier alpha value is -2.89.